The summed E-state index contributed by atoms with van der Waals surface area (Å²) < 4.78 is 0.998. The Bertz CT molecular complexity index is 70.8. The first kappa shape index (κ1) is 7.68. The van der Waals surface area contributed by atoms with Crippen LogP contribution in [0.5, 0.6) is 0 Å². The molecule has 0 N–H and O–H groups in total. The van der Waals surface area contributed by atoms with Crippen molar-refractivity contribution < 1.29 is 46.5 Å². The van der Waals surface area contributed by atoms with E-state index in [1.807, 2.05) is 0 Å². The van der Waals surface area contributed by atoms with Gasteiger partial charge in [-0.1, -0.05) is 0 Å². The van der Waals surface area contributed by atoms with E-state index in [9.17, 15) is 0 Å². The normalized spacial score (nSPS) is 38.4. The quantitative estimate of drug-likeness (QED) is 0.647. The van der Waals surface area contributed by atoms with Gasteiger partial charge in [-0.3, -0.25) is 0 Å². The summed E-state index contributed by atoms with van der Waals surface area (Å²) in [5, 5.41) is 0. The molecule has 0 spiro atoms. The zero-order valence-electron chi connectivity index (χ0n) is 5.36. The van der Waals surface area contributed by atoms with Gasteiger partial charge in [0.05, 0.1) is 0 Å². The van der Waals surface area contributed by atoms with Crippen LogP contribution >= 0.6 is 0 Å². The van der Waals surface area contributed by atoms with Crippen LogP contribution in [0.1, 0.15) is 32.6 Å². The van der Waals surface area contributed by atoms with Gasteiger partial charge in [0.1, 0.15) is 0 Å². The van der Waals surface area contributed by atoms with Gasteiger partial charge in [-0.25, -0.2) is 0 Å². The number of hydrogen-bond acceptors (Lipinski definition) is 0. The second-order valence-corrected chi connectivity index (χ2v) is 4.45. The molecule has 0 heterocycles. The van der Waals surface area contributed by atoms with Crippen LogP contribution in [0, 0.1) is 52.5 Å². The standard InChI is InChI=1S/C7H14Xe/c1-2-6-3-4-7(8)5-6/h6-8H,2-5H2,1H3. The van der Waals surface area contributed by atoms with Gasteiger partial charge in [-0.15, -0.1) is 0 Å². The summed E-state index contributed by atoms with van der Waals surface area (Å²) in [5.74, 6) is 1.07. The van der Waals surface area contributed by atoms with Gasteiger partial charge in [-0.2, -0.15) is 0 Å². The minimum atomic E-state index is 0.998. The van der Waals surface area contributed by atoms with Crippen LogP contribution in [0.15, 0.2) is 0 Å². The monoisotopic (exact) mass is 230 g/mol. The third-order valence-electron chi connectivity index (χ3n) is 2.05. The van der Waals surface area contributed by atoms with Gasteiger partial charge in [0.2, 0.25) is 0 Å². The molecule has 1 heteroatoms. The Kier molecular flexibility index (Phi) is 3.52. The van der Waals surface area contributed by atoms with E-state index < -0.39 is 0 Å². The summed E-state index contributed by atoms with van der Waals surface area (Å²) in [6, 6.07) is 0. The molecule has 1 aliphatic carbocycles. The van der Waals surface area contributed by atoms with Crippen molar-refractivity contribution in [2.24, 2.45) is 5.92 Å². The van der Waals surface area contributed by atoms with Crippen molar-refractivity contribution in [2.45, 2.75) is 33.0 Å². The van der Waals surface area contributed by atoms with Crippen molar-refractivity contribution >= 4 is 0 Å². The Morgan fingerprint density at radius 2 is 2.25 bits per heavy atom. The number of rotatable bonds is 1. The van der Waals surface area contributed by atoms with Gasteiger partial charge in [-0.05, 0) is 0 Å². The molecular weight excluding hydrogens is 215 g/mol. The molecule has 2 atom stereocenters. The molecule has 0 aromatic heterocycles. The molecular formula is C7H14Xe. The summed E-state index contributed by atoms with van der Waals surface area (Å²) >= 11 is 2.57. The molecule has 0 nitrogen and oxygen atoms in total. The molecule has 1 aliphatic rings. The predicted octanol–water partition coefficient (Wildman–Crippen LogP) is 2.27. The summed E-state index contributed by atoms with van der Waals surface area (Å²) in [7, 11) is 0. The van der Waals surface area contributed by atoms with E-state index in [0.717, 1.165) is 6.30 Å². The molecule has 0 aliphatic heterocycles. The Balaban J connectivity index is 2.22. The first-order valence-electron chi connectivity index (χ1n) is 3.47. The van der Waals surface area contributed by atoms with Crippen LogP contribution in [-0.2, 0) is 0 Å². The van der Waals surface area contributed by atoms with Gasteiger partial charge >= 0.3 is 85.4 Å². The third kappa shape index (κ3) is 2.07. The first-order chi connectivity index (χ1) is 3.83. The fourth-order valence-corrected chi connectivity index (χ4v) is 2.46. The summed E-state index contributed by atoms with van der Waals surface area (Å²) in [6.45, 7) is 2.30. The van der Waals surface area contributed by atoms with E-state index in [0.29, 0.717) is 0 Å². The minimum absolute atomic E-state index is 0.998. The van der Waals surface area contributed by atoms with Crippen LogP contribution in [0.2, 0.25) is 0.386 Å². The van der Waals surface area contributed by atoms with Gasteiger partial charge in [0.25, 0.3) is 0 Å². The summed E-state index contributed by atoms with van der Waals surface area (Å²) in [5.41, 5.74) is 0. The Labute approximate surface area is 84.1 Å². The molecule has 50 valence electrons. The SMILES string of the molecule is CCC1CCC([XeH])C1. The van der Waals surface area contributed by atoms with Gasteiger partial charge in [0.15, 0.2) is 0 Å². The van der Waals surface area contributed by atoms with Crippen LogP contribution < -0.4 is 0 Å². The predicted molar refractivity (Wildman–Crippen MR) is 32.8 cm³/mol. The maximum atomic E-state index is 2.57. The molecule has 0 aromatic carbocycles. The molecule has 0 bridgehead atoms. The second kappa shape index (κ2) is 3.67. The van der Waals surface area contributed by atoms with Crippen molar-refractivity contribution in [3.8, 4) is 0 Å². The van der Waals surface area contributed by atoms with E-state index >= 15 is 0 Å². The van der Waals surface area contributed by atoms with Crippen molar-refractivity contribution in [1.82, 2.24) is 0 Å². The van der Waals surface area contributed by atoms with Crippen LogP contribution in [0.4, 0.5) is 0 Å². The first-order valence-corrected chi connectivity index (χ1v) is 4.71. The molecule has 0 radical (unpaired) electrons. The summed E-state index contributed by atoms with van der Waals surface area (Å²) in [4.78, 5) is 0. The molecule has 1 rings (SSSR count). The third-order valence-corrected chi connectivity index (χ3v) is 3.19. The molecule has 0 saturated heterocycles. The average Bonchev–Trinajstić information content (AvgIpc) is 2.14. The Hall–Kier alpha value is 1.57. The van der Waals surface area contributed by atoms with E-state index in [-0.39, 0.29) is 0 Å². The van der Waals surface area contributed by atoms with Crippen LogP contribution in [0.3, 0.4) is 0 Å². The molecule has 8 heavy (non-hydrogen) atoms. The van der Waals surface area contributed by atoms with Crippen molar-refractivity contribution in [1.29, 1.82) is 0 Å². The number of hydrogen-bond donors (Lipinski definition) is 0. The van der Waals surface area contributed by atoms with Gasteiger partial charge in [0, 0.05) is 0 Å². The van der Waals surface area contributed by atoms with E-state index in [4.69, 9.17) is 0 Å². The molecule has 1 saturated carbocycles. The zero-order valence-corrected chi connectivity index (χ0v) is 7.52. The maximum absolute atomic E-state index is 2.57. The molecule has 0 amide bonds. The average molecular weight is 229 g/mol. The molecule has 2 unspecified atom stereocenters. The van der Waals surface area contributed by atoms with Crippen LogP contribution in [-0.4, -0.2) is 0 Å². The van der Waals surface area contributed by atoms with E-state index in [1.165, 1.54) is 25.7 Å². The van der Waals surface area contributed by atoms with Crippen molar-refractivity contribution in [3.63, 3.8) is 0 Å². The fourth-order valence-electron chi connectivity index (χ4n) is 1.38. The fraction of sp³-hybridized carbons (Fsp3) is 1.00. The summed E-state index contributed by atoms with van der Waals surface area (Å²) in [6.07, 6.45) is 5.85. The van der Waals surface area contributed by atoms with E-state index in [1.54, 1.807) is 0 Å². The zero-order chi connectivity index (χ0) is 5.98. The second-order valence-electron chi connectivity index (χ2n) is 2.68. The Morgan fingerprint density at radius 1 is 1.50 bits per heavy atom. The molecule has 1 fully saturated rings. The molecule has 0 aromatic rings. The van der Waals surface area contributed by atoms with Crippen LogP contribution in [0.25, 0.3) is 0 Å². The topological polar surface area (TPSA) is 0 Å². The van der Waals surface area contributed by atoms with Crippen molar-refractivity contribution in [3.05, 3.63) is 0 Å². The van der Waals surface area contributed by atoms with E-state index in [2.05, 4.69) is 53.5 Å². The van der Waals surface area contributed by atoms with Gasteiger partial charge < -0.3 is 0 Å². The Morgan fingerprint density at radius 3 is 2.50 bits per heavy atom. The van der Waals surface area contributed by atoms with Crippen molar-refractivity contribution in [2.75, 3.05) is 0 Å².